The Labute approximate surface area is 187 Å². The normalized spacial score (nSPS) is 19.4. The van der Waals surface area contributed by atoms with Crippen LogP contribution in [0.4, 0.5) is 0 Å². The molecule has 0 heterocycles. The summed E-state index contributed by atoms with van der Waals surface area (Å²) >= 11 is 0. The number of hydrogen-bond donors (Lipinski definition) is 1. The summed E-state index contributed by atoms with van der Waals surface area (Å²) < 4.78 is 6.33. The number of carbonyl (C=O) groups is 1. The Bertz CT molecular complexity index is 841. The fourth-order valence-corrected chi connectivity index (χ4v) is 4.64. The van der Waals surface area contributed by atoms with Crippen LogP contribution in [0.2, 0.25) is 0 Å². The molecule has 0 amide bonds. The van der Waals surface area contributed by atoms with Gasteiger partial charge in [0.25, 0.3) is 0 Å². The van der Waals surface area contributed by atoms with Crippen LogP contribution in [0.15, 0.2) is 48.5 Å². The molecular formula is C28H38O3. The van der Waals surface area contributed by atoms with E-state index < -0.39 is 6.10 Å². The molecule has 1 aliphatic rings. The Balaban J connectivity index is 1.84. The SMILES string of the molecule is CCCCCCC(C)(C)c1ccc([C@@H]2CC(=O)C[C@@H](O)C2)c(OCc2ccccc2)c1. The van der Waals surface area contributed by atoms with Crippen LogP contribution in [0.3, 0.4) is 0 Å². The van der Waals surface area contributed by atoms with Crippen molar-refractivity contribution in [1.29, 1.82) is 0 Å². The maximum atomic E-state index is 12.1. The van der Waals surface area contributed by atoms with Crippen LogP contribution in [-0.2, 0) is 16.8 Å². The summed E-state index contributed by atoms with van der Waals surface area (Å²) in [5.74, 6) is 1.01. The third kappa shape index (κ3) is 6.67. The second-order valence-electron chi connectivity index (χ2n) is 9.75. The largest absolute Gasteiger partial charge is 0.489 e. The molecule has 0 bridgehead atoms. The third-order valence-electron chi connectivity index (χ3n) is 6.62. The third-order valence-corrected chi connectivity index (χ3v) is 6.62. The fraction of sp³-hybridized carbons (Fsp3) is 0.536. The van der Waals surface area contributed by atoms with Crippen molar-refractivity contribution in [3.8, 4) is 5.75 Å². The first-order valence-electron chi connectivity index (χ1n) is 11.9. The second kappa shape index (κ2) is 10.9. The number of aliphatic hydroxyl groups excluding tert-OH is 1. The van der Waals surface area contributed by atoms with E-state index in [2.05, 4.69) is 51.1 Å². The molecule has 1 fully saturated rings. The van der Waals surface area contributed by atoms with Gasteiger partial charge in [0.1, 0.15) is 18.1 Å². The predicted octanol–water partition coefficient (Wildman–Crippen LogP) is 6.71. The highest BCUT2D eigenvalue weighted by molar-refractivity contribution is 5.81. The van der Waals surface area contributed by atoms with Gasteiger partial charge in [-0.2, -0.15) is 0 Å². The van der Waals surface area contributed by atoms with Crippen LogP contribution >= 0.6 is 0 Å². The van der Waals surface area contributed by atoms with Gasteiger partial charge in [0.05, 0.1) is 6.10 Å². The van der Waals surface area contributed by atoms with Crippen LogP contribution in [0.25, 0.3) is 0 Å². The van der Waals surface area contributed by atoms with E-state index in [9.17, 15) is 9.90 Å². The van der Waals surface area contributed by atoms with E-state index in [1.54, 1.807) is 0 Å². The van der Waals surface area contributed by atoms with Gasteiger partial charge in [-0.25, -0.2) is 0 Å². The van der Waals surface area contributed by atoms with Gasteiger partial charge in [0.15, 0.2) is 0 Å². The monoisotopic (exact) mass is 422 g/mol. The van der Waals surface area contributed by atoms with Gasteiger partial charge in [-0.05, 0) is 46.9 Å². The van der Waals surface area contributed by atoms with E-state index in [4.69, 9.17) is 4.74 Å². The Hall–Kier alpha value is -2.13. The minimum atomic E-state index is -0.553. The zero-order chi connectivity index (χ0) is 22.3. The molecule has 3 nitrogen and oxygen atoms in total. The zero-order valence-corrected chi connectivity index (χ0v) is 19.4. The molecule has 168 valence electrons. The van der Waals surface area contributed by atoms with Gasteiger partial charge in [-0.3, -0.25) is 4.79 Å². The van der Waals surface area contributed by atoms with E-state index in [0.717, 1.165) is 23.3 Å². The minimum absolute atomic E-state index is 0.0174. The number of hydrogen-bond acceptors (Lipinski definition) is 3. The van der Waals surface area contributed by atoms with Gasteiger partial charge in [-0.15, -0.1) is 0 Å². The number of ether oxygens (including phenoxy) is 1. The Kier molecular flexibility index (Phi) is 8.31. The van der Waals surface area contributed by atoms with E-state index >= 15 is 0 Å². The lowest BCUT2D eigenvalue weighted by Crippen LogP contribution is -2.25. The van der Waals surface area contributed by atoms with Crippen LogP contribution < -0.4 is 4.74 Å². The topological polar surface area (TPSA) is 46.5 Å². The highest BCUT2D eigenvalue weighted by Gasteiger charge is 2.30. The summed E-state index contributed by atoms with van der Waals surface area (Å²) in [7, 11) is 0. The lowest BCUT2D eigenvalue weighted by atomic mass is 9.77. The molecule has 3 heteroatoms. The van der Waals surface area contributed by atoms with Crippen molar-refractivity contribution >= 4 is 5.78 Å². The van der Waals surface area contributed by atoms with Crippen molar-refractivity contribution in [2.45, 2.75) is 96.2 Å². The molecule has 2 aromatic rings. The highest BCUT2D eigenvalue weighted by atomic mass is 16.5. The van der Waals surface area contributed by atoms with Crippen LogP contribution in [0, 0.1) is 0 Å². The van der Waals surface area contributed by atoms with Gasteiger partial charge in [0.2, 0.25) is 0 Å². The van der Waals surface area contributed by atoms with E-state index in [-0.39, 0.29) is 23.5 Å². The first-order chi connectivity index (χ1) is 14.9. The van der Waals surface area contributed by atoms with Crippen molar-refractivity contribution in [2.24, 2.45) is 0 Å². The molecular weight excluding hydrogens is 384 g/mol. The van der Waals surface area contributed by atoms with E-state index in [0.29, 0.717) is 19.4 Å². The average Bonchev–Trinajstić information content (AvgIpc) is 2.75. The van der Waals surface area contributed by atoms with Gasteiger partial charge in [0, 0.05) is 12.8 Å². The quantitative estimate of drug-likeness (QED) is 0.433. The van der Waals surface area contributed by atoms with Crippen molar-refractivity contribution in [2.75, 3.05) is 0 Å². The number of carbonyl (C=O) groups excluding carboxylic acids is 1. The molecule has 31 heavy (non-hydrogen) atoms. The zero-order valence-electron chi connectivity index (χ0n) is 19.4. The molecule has 0 aromatic heterocycles. The molecule has 1 N–H and O–H groups in total. The number of aliphatic hydroxyl groups is 1. The molecule has 2 aromatic carbocycles. The molecule has 1 aliphatic carbocycles. The molecule has 0 radical (unpaired) electrons. The van der Waals surface area contributed by atoms with Crippen molar-refractivity contribution in [3.63, 3.8) is 0 Å². The van der Waals surface area contributed by atoms with Crippen LogP contribution in [0.5, 0.6) is 5.75 Å². The summed E-state index contributed by atoms with van der Waals surface area (Å²) in [6.45, 7) is 7.36. The summed E-state index contributed by atoms with van der Waals surface area (Å²) in [6.07, 6.45) is 7.01. The average molecular weight is 423 g/mol. The standard InChI is InChI=1S/C28H38O3/c1-4-5-6-10-15-28(2,3)23-13-14-26(22-16-24(29)19-25(30)17-22)27(18-23)31-20-21-11-8-7-9-12-21/h7-9,11-14,18,22,24,29H,4-6,10,15-17,19-20H2,1-3H3/t22-,24-/m0/s1. The Morgan fingerprint density at radius 1 is 1.03 bits per heavy atom. The first kappa shape index (κ1) is 23.5. The predicted molar refractivity (Wildman–Crippen MR) is 127 cm³/mol. The minimum Gasteiger partial charge on any atom is -0.489 e. The molecule has 0 unspecified atom stereocenters. The molecule has 1 saturated carbocycles. The van der Waals surface area contributed by atoms with E-state index in [1.807, 2.05) is 18.2 Å². The smallest absolute Gasteiger partial charge is 0.136 e. The Morgan fingerprint density at radius 3 is 2.52 bits per heavy atom. The lowest BCUT2D eigenvalue weighted by Gasteiger charge is -2.30. The molecule has 2 atom stereocenters. The van der Waals surface area contributed by atoms with Crippen molar-refractivity contribution in [1.82, 2.24) is 0 Å². The van der Waals surface area contributed by atoms with Gasteiger partial charge in [-0.1, -0.05) is 88.9 Å². The number of ketones is 1. The van der Waals surface area contributed by atoms with Crippen LogP contribution in [0.1, 0.15) is 94.7 Å². The maximum absolute atomic E-state index is 12.1. The first-order valence-corrected chi connectivity index (χ1v) is 11.9. The number of Topliss-reactive ketones (excluding diaryl/α,β-unsaturated/α-hetero) is 1. The molecule has 0 saturated heterocycles. The van der Waals surface area contributed by atoms with Crippen LogP contribution in [-0.4, -0.2) is 17.0 Å². The van der Waals surface area contributed by atoms with Gasteiger partial charge < -0.3 is 9.84 Å². The number of rotatable bonds is 10. The molecule has 0 aliphatic heterocycles. The van der Waals surface area contributed by atoms with Crippen molar-refractivity contribution in [3.05, 3.63) is 65.2 Å². The molecule has 0 spiro atoms. The Morgan fingerprint density at radius 2 is 1.81 bits per heavy atom. The highest BCUT2D eigenvalue weighted by Crippen LogP contribution is 2.40. The number of benzene rings is 2. The maximum Gasteiger partial charge on any atom is 0.136 e. The number of unbranched alkanes of at least 4 members (excludes halogenated alkanes) is 3. The summed E-state index contributed by atoms with van der Waals surface area (Å²) in [6, 6.07) is 16.7. The molecule has 3 rings (SSSR count). The summed E-state index contributed by atoms with van der Waals surface area (Å²) in [5.41, 5.74) is 3.52. The fourth-order valence-electron chi connectivity index (χ4n) is 4.64. The van der Waals surface area contributed by atoms with Gasteiger partial charge >= 0.3 is 0 Å². The lowest BCUT2D eigenvalue weighted by molar-refractivity contribution is -0.123. The van der Waals surface area contributed by atoms with Crippen molar-refractivity contribution < 1.29 is 14.6 Å². The van der Waals surface area contributed by atoms with E-state index in [1.165, 1.54) is 31.2 Å². The summed E-state index contributed by atoms with van der Waals surface area (Å²) in [5, 5.41) is 10.2. The summed E-state index contributed by atoms with van der Waals surface area (Å²) in [4.78, 5) is 12.1. The second-order valence-corrected chi connectivity index (χ2v) is 9.75.